The van der Waals surface area contributed by atoms with Crippen LogP contribution in [0.1, 0.15) is 30.2 Å². The number of carbonyl (C=O) groups is 1. The van der Waals surface area contributed by atoms with E-state index in [4.69, 9.17) is 0 Å². The predicted octanol–water partition coefficient (Wildman–Crippen LogP) is 1.68. The molecule has 1 atom stereocenters. The Kier molecular flexibility index (Phi) is 3.96. The van der Waals surface area contributed by atoms with Gasteiger partial charge in [0, 0.05) is 4.88 Å². The van der Waals surface area contributed by atoms with Crippen molar-refractivity contribution in [3.8, 4) is 0 Å². The van der Waals surface area contributed by atoms with Crippen LogP contribution in [0.2, 0.25) is 0 Å². The number of hydrogen-bond donors (Lipinski definition) is 2. The lowest BCUT2D eigenvalue weighted by Crippen LogP contribution is -2.39. The average Bonchev–Trinajstić information content (AvgIpc) is 2.96. The summed E-state index contributed by atoms with van der Waals surface area (Å²) in [4.78, 5) is 13.1. The van der Waals surface area contributed by atoms with Crippen LogP contribution in [-0.4, -0.2) is 18.5 Å². The summed E-state index contributed by atoms with van der Waals surface area (Å²) in [7, 11) is 0. The molecule has 0 radical (unpaired) electrons. The predicted molar refractivity (Wildman–Crippen MR) is 66.6 cm³/mol. The zero-order valence-corrected chi connectivity index (χ0v) is 10.4. The van der Waals surface area contributed by atoms with Gasteiger partial charge < -0.3 is 10.6 Å². The number of carbonyl (C=O) groups excluding carboxylic acids is 1. The van der Waals surface area contributed by atoms with E-state index in [0.717, 1.165) is 25.8 Å². The van der Waals surface area contributed by atoms with Gasteiger partial charge in [0.1, 0.15) is 0 Å². The standard InChI is InChI=1S/C12H18N2OS/c1-2-9-5-7-16-11(9)8-14-12(15)10-4-3-6-13-10/h5,7,10,13H,2-4,6,8H2,1H3,(H,14,15)/t10-/m1/s1. The quantitative estimate of drug-likeness (QED) is 0.838. The minimum atomic E-state index is 0.0324. The molecule has 1 aliphatic rings. The highest BCUT2D eigenvalue weighted by molar-refractivity contribution is 7.10. The topological polar surface area (TPSA) is 41.1 Å². The molecule has 4 heteroatoms. The van der Waals surface area contributed by atoms with Gasteiger partial charge in [-0.2, -0.15) is 0 Å². The third-order valence-corrected chi connectivity index (χ3v) is 3.98. The highest BCUT2D eigenvalue weighted by atomic mass is 32.1. The Bertz CT molecular complexity index is 356. The van der Waals surface area contributed by atoms with E-state index in [0.29, 0.717) is 6.54 Å². The van der Waals surface area contributed by atoms with E-state index in [2.05, 4.69) is 29.0 Å². The van der Waals surface area contributed by atoms with Gasteiger partial charge in [0.2, 0.25) is 5.91 Å². The Balaban J connectivity index is 1.84. The molecule has 0 aromatic carbocycles. The molecule has 2 N–H and O–H groups in total. The lowest BCUT2D eigenvalue weighted by atomic mass is 10.2. The summed E-state index contributed by atoms with van der Waals surface area (Å²) in [5.41, 5.74) is 1.35. The number of hydrogen-bond acceptors (Lipinski definition) is 3. The maximum absolute atomic E-state index is 11.8. The molecular formula is C12H18N2OS. The average molecular weight is 238 g/mol. The van der Waals surface area contributed by atoms with E-state index in [9.17, 15) is 4.79 Å². The molecule has 1 aromatic heterocycles. The Morgan fingerprint density at radius 3 is 3.25 bits per heavy atom. The van der Waals surface area contributed by atoms with Crippen molar-refractivity contribution in [1.29, 1.82) is 0 Å². The monoisotopic (exact) mass is 238 g/mol. The molecule has 0 unspecified atom stereocenters. The summed E-state index contributed by atoms with van der Waals surface area (Å²) in [6, 6.07) is 2.17. The summed E-state index contributed by atoms with van der Waals surface area (Å²) < 4.78 is 0. The molecule has 1 amide bonds. The largest absolute Gasteiger partial charge is 0.350 e. The van der Waals surface area contributed by atoms with E-state index in [1.807, 2.05) is 0 Å². The minimum absolute atomic E-state index is 0.0324. The first-order valence-corrected chi connectivity index (χ1v) is 6.75. The number of rotatable bonds is 4. The fourth-order valence-electron chi connectivity index (χ4n) is 2.04. The molecule has 2 heterocycles. The molecular weight excluding hydrogens is 220 g/mol. The van der Waals surface area contributed by atoms with Gasteiger partial charge in [0.15, 0.2) is 0 Å². The van der Waals surface area contributed by atoms with Crippen molar-refractivity contribution in [2.24, 2.45) is 0 Å². The lowest BCUT2D eigenvalue weighted by molar-refractivity contribution is -0.122. The molecule has 0 bridgehead atoms. The van der Waals surface area contributed by atoms with Crippen LogP contribution in [0.3, 0.4) is 0 Å². The van der Waals surface area contributed by atoms with E-state index in [-0.39, 0.29) is 11.9 Å². The lowest BCUT2D eigenvalue weighted by Gasteiger charge is -2.10. The molecule has 88 valence electrons. The van der Waals surface area contributed by atoms with Gasteiger partial charge >= 0.3 is 0 Å². The zero-order valence-electron chi connectivity index (χ0n) is 9.58. The molecule has 0 aliphatic carbocycles. The van der Waals surface area contributed by atoms with Gasteiger partial charge in [-0.15, -0.1) is 11.3 Å². The molecule has 1 saturated heterocycles. The fraction of sp³-hybridized carbons (Fsp3) is 0.583. The number of thiophene rings is 1. The van der Waals surface area contributed by atoms with Crippen LogP contribution < -0.4 is 10.6 Å². The Hall–Kier alpha value is -0.870. The second-order valence-corrected chi connectivity index (χ2v) is 5.09. The first kappa shape index (κ1) is 11.6. The Labute approximate surface area is 100 Å². The highest BCUT2D eigenvalue weighted by Gasteiger charge is 2.21. The van der Waals surface area contributed by atoms with E-state index in [1.54, 1.807) is 11.3 Å². The first-order chi connectivity index (χ1) is 7.81. The van der Waals surface area contributed by atoms with Gasteiger partial charge in [0.25, 0.3) is 0 Å². The van der Waals surface area contributed by atoms with Crippen molar-refractivity contribution in [3.05, 3.63) is 21.9 Å². The molecule has 16 heavy (non-hydrogen) atoms. The first-order valence-electron chi connectivity index (χ1n) is 5.87. The van der Waals surface area contributed by atoms with Crippen LogP contribution >= 0.6 is 11.3 Å². The summed E-state index contributed by atoms with van der Waals surface area (Å²) in [5, 5.41) is 8.31. The van der Waals surface area contributed by atoms with Crippen LogP contribution in [-0.2, 0) is 17.8 Å². The van der Waals surface area contributed by atoms with Crippen LogP contribution in [0.15, 0.2) is 11.4 Å². The summed E-state index contributed by atoms with van der Waals surface area (Å²) in [6.07, 6.45) is 3.12. The minimum Gasteiger partial charge on any atom is -0.350 e. The molecule has 0 spiro atoms. The molecule has 2 rings (SSSR count). The van der Waals surface area contributed by atoms with Crippen molar-refractivity contribution in [1.82, 2.24) is 10.6 Å². The van der Waals surface area contributed by atoms with E-state index >= 15 is 0 Å². The molecule has 3 nitrogen and oxygen atoms in total. The summed E-state index contributed by atoms with van der Waals surface area (Å²) in [5.74, 6) is 0.146. The van der Waals surface area contributed by atoms with Gasteiger partial charge in [0.05, 0.1) is 12.6 Å². The van der Waals surface area contributed by atoms with E-state index < -0.39 is 0 Å². The van der Waals surface area contributed by atoms with Gasteiger partial charge in [-0.1, -0.05) is 6.92 Å². The summed E-state index contributed by atoms with van der Waals surface area (Å²) in [6.45, 7) is 3.79. The SMILES string of the molecule is CCc1ccsc1CNC(=O)[C@H]1CCCN1. The molecule has 1 aliphatic heterocycles. The fourth-order valence-corrected chi connectivity index (χ4v) is 2.95. The second-order valence-electron chi connectivity index (χ2n) is 4.09. The Morgan fingerprint density at radius 1 is 1.69 bits per heavy atom. The van der Waals surface area contributed by atoms with Crippen molar-refractivity contribution in [2.75, 3.05) is 6.54 Å². The van der Waals surface area contributed by atoms with Crippen molar-refractivity contribution in [2.45, 2.75) is 38.8 Å². The van der Waals surface area contributed by atoms with E-state index in [1.165, 1.54) is 10.4 Å². The number of aryl methyl sites for hydroxylation is 1. The Morgan fingerprint density at radius 2 is 2.56 bits per heavy atom. The molecule has 0 saturated carbocycles. The van der Waals surface area contributed by atoms with Gasteiger partial charge in [-0.05, 0) is 42.8 Å². The zero-order chi connectivity index (χ0) is 11.4. The van der Waals surface area contributed by atoms with Crippen molar-refractivity contribution >= 4 is 17.2 Å². The van der Waals surface area contributed by atoms with Crippen molar-refractivity contribution < 1.29 is 4.79 Å². The maximum atomic E-state index is 11.8. The van der Waals surface area contributed by atoms with Crippen LogP contribution in [0.5, 0.6) is 0 Å². The third kappa shape index (κ3) is 2.62. The second kappa shape index (κ2) is 5.46. The van der Waals surface area contributed by atoms with Crippen LogP contribution in [0, 0.1) is 0 Å². The van der Waals surface area contributed by atoms with Gasteiger partial charge in [-0.25, -0.2) is 0 Å². The number of amides is 1. The molecule has 1 fully saturated rings. The third-order valence-electron chi connectivity index (χ3n) is 3.02. The van der Waals surface area contributed by atoms with Gasteiger partial charge in [-0.3, -0.25) is 4.79 Å². The smallest absolute Gasteiger partial charge is 0.237 e. The highest BCUT2D eigenvalue weighted by Crippen LogP contribution is 2.17. The summed E-state index contributed by atoms with van der Waals surface area (Å²) >= 11 is 1.72. The number of nitrogens with one attached hydrogen (secondary N) is 2. The van der Waals surface area contributed by atoms with Crippen molar-refractivity contribution in [3.63, 3.8) is 0 Å². The molecule has 1 aromatic rings. The van der Waals surface area contributed by atoms with Crippen LogP contribution in [0.4, 0.5) is 0 Å². The normalized spacial score (nSPS) is 19.9. The van der Waals surface area contributed by atoms with Crippen LogP contribution in [0.25, 0.3) is 0 Å². The maximum Gasteiger partial charge on any atom is 0.237 e.